The second kappa shape index (κ2) is 5.34. The predicted octanol–water partition coefficient (Wildman–Crippen LogP) is 0.955. The first kappa shape index (κ1) is 12.3. The molecule has 5 nitrogen and oxygen atoms in total. The Balaban J connectivity index is 2.39. The number of nitrogens with two attached hydrogens (primary N) is 1. The zero-order valence-corrected chi connectivity index (χ0v) is 9.83. The molecule has 4 N–H and O–H groups in total. The summed E-state index contributed by atoms with van der Waals surface area (Å²) < 4.78 is 0. The topological polar surface area (TPSA) is 80.2 Å². The highest BCUT2D eigenvalue weighted by Crippen LogP contribution is 2.12. The maximum atomic E-state index is 7.80. The molecule has 0 aromatic rings. The van der Waals surface area contributed by atoms with Crippen molar-refractivity contribution in [2.45, 2.75) is 12.8 Å². The Hall–Kier alpha value is -1.78. The number of hydrogen-bond donors (Lipinski definition) is 3. The summed E-state index contributed by atoms with van der Waals surface area (Å²) in [6.45, 7) is 0.757. The molecule has 1 rings (SSSR count). The SMILES string of the molecule is CN(CCC1=CCC=C1)C(=N)N(C)C(=N)N. The van der Waals surface area contributed by atoms with Crippen LogP contribution in [0.4, 0.5) is 0 Å². The van der Waals surface area contributed by atoms with Crippen LogP contribution in [0.25, 0.3) is 0 Å². The van der Waals surface area contributed by atoms with E-state index in [1.54, 1.807) is 11.9 Å². The fraction of sp³-hybridized carbons (Fsp3) is 0.455. The second-order valence-corrected chi connectivity index (χ2v) is 3.86. The summed E-state index contributed by atoms with van der Waals surface area (Å²) in [5.74, 6) is 0.131. The summed E-state index contributed by atoms with van der Waals surface area (Å²) in [5, 5.41) is 15.0. The fourth-order valence-electron chi connectivity index (χ4n) is 1.47. The van der Waals surface area contributed by atoms with Crippen LogP contribution in [0.15, 0.2) is 23.8 Å². The molecular weight excluding hydrogens is 202 g/mol. The Morgan fingerprint density at radius 3 is 2.62 bits per heavy atom. The minimum atomic E-state index is -0.114. The van der Waals surface area contributed by atoms with E-state index in [1.165, 1.54) is 10.5 Å². The van der Waals surface area contributed by atoms with Gasteiger partial charge in [0.05, 0.1) is 0 Å². The van der Waals surface area contributed by atoms with Crippen molar-refractivity contribution in [2.24, 2.45) is 5.73 Å². The van der Waals surface area contributed by atoms with Gasteiger partial charge in [-0.25, -0.2) is 0 Å². The summed E-state index contributed by atoms with van der Waals surface area (Å²) >= 11 is 0. The third-order valence-electron chi connectivity index (χ3n) is 2.62. The highest BCUT2D eigenvalue weighted by molar-refractivity contribution is 5.94. The normalized spacial score (nSPS) is 13.5. The van der Waals surface area contributed by atoms with Crippen LogP contribution in [0.1, 0.15) is 12.8 Å². The van der Waals surface area contributed by atoms with E-state index in [9.17, 15) is 0 Å². The van der Waals surface area contributed by atoms with E-state index in [2.05, 4.69) is 18.2 Å². The van der Waals surface area contributed by atoms with Gasteiger partial charge in [-0.3, -0.25) is 15.7 Å². The average Bonchev–Trinajstić information content (AvgIpc) is 2.76. The molecule has 1 aliphatic rings. The van der Waals surface area contributed by atoms with Crippen LogP contribution in [-0.4, -0.2) is 42.4 Å². The molecule has 0 aromatic carbocycles. The lowest BCUT2D eigenvalue weighted by Gasteiger charge is -2.26. The van der Waals surface area contributed by atoms with Crippen molar-refractivity contribution >= 4 is 11.9 Å². The van der Waals surface area contributed by atoms with Gasteiger partial charge in [0.1, 0.15) is 0 Å². The Kier molecular flexibility index (Phi) is 4.10. The standard InChI is InChI=1S/C11H19N5/c1-15(11(14)16(2)10(12)13)8-7-9-5-3-4-6-9/h3,5-6,14H,4,7-8H2,1-2H3,(H3,12,13). The molecule has 0 bridgehead atoms. The number of hydrogen-bond acceptors (Lipinski definition) is 2. The van der Waals surface area contributed by atoms with Crippen molar-refractivity contribution in [3.05, 3.63) is 23.8 Å². The first-order valence-corrected chi connectivity index (χ1v) is 5.25. The van der Waals surface area contributed by atoms with E-state index in [-0.39, 0.29) is 11.9 Å². The monoisotopic (exact) mass is 221 g/mol. The van der Waals surface area contributed by atoms with Crippen LogP contribution in [0.5, 0.6) is 0 Å². The molecule has 1 aliphatic carbocycles. The molecule has 0 saturated carbocycles. The van der Waals surface area contributed by atoms with Crippen LogP contribution in [-0.2, 0) is 0 Å². The molecule has 0 aliphatic heterocycles. The van der Waals surface area contributed by atoms with Crippen molar-refractivity contribution in [2.75, 3.05) is 20.6 Å². The fourth-order valence-corrected chi connectivity index (χ4v) is 1.47. The van der Waals surface area contributed by atoms with Crippen molar-refractivity contribution in [3.63, 3.8) is 0 Å². The maximum absolute atomic E-state index is 7.80. The minimum absolute atomic E-state index is 0.114. The Bertz CT molecular complexity index is 342. The molecule has 0 atom stereocenters. The van der Waals surface area contributed by atoms with E-state index < -0.39 is 0 Å². The molecule has 88 valence electrons. The highest BCUT2D eigenvalue weighted by atomic mass is 15.4. The highest BCUT2D eigenvalue weighted by Gasteiger charge is 2.12. The van der Waals surface area contributed by atoms with Crippen molar-refractivity contribution in [1.29, 1.82) is 10.8 Å². The van der Waals surface area contributed by atoms with Gasteiger partial charge in [0.15, 0.2) is 11.9 Å². The molecule has 0 heterocycles. The summed E-state index contributed by atoms with van der Waals surface area (Å²) in [6.07, 6.45) is 8.37. The summed E-state index contributed by atoms with van der Waals surface area (Å²) in [4.78, 5) is 3.13. The zero-order chi connectivity index (χ0) is 12.1. The average molecular weight is 221 g/mol. The number of nitrogens with one attached hydrogen (secondary N) is 2. The van der Waals surface area contributed by atoms with Gasteiger partial charge in [-0.1, -0.05) is 23.8 Å². The van der Waals surface area contributed by atoms with Gasteiger partial charge in [-0.05, 0) is 12.8 Å². The predicted molar refractivity (Wildman–Crippen MR) is 66.5 cm³/mol. The summed E-state index contributed by atoms with van der Waals surface area (Å²) in [7, 11) is 3.46. The van der Waals surface area contributed by atoms with Gasteiger partial charge in [0.2, 0.25) is 0 Å². The van der Waals surface area contributed by atoms with Gasteiger partial charge in [-0.15, -0.1) is 0 Å². The second-order valence-electron chi connectivity index (χ2n) is 3.86. The molecule has 0 fully saturated rings. The molecule has 0 radical (unpaired) electrons. The Labute approximate surface area is 96.2 Å². The van der Waals surface area contributed by atoms with Crippen LogP contribution < -0.4 is 5.73 Å². The molecule has 5 heteroatoms. The lowest BCUT2D eigenvalue weighted by atomic mass is 10.2. The largest absolute Gasteiger partial charge is 0.370 e. The quantitative estimate of drug-likeness (QED) is 0.490. The maximum Gasteiger partial charge on any atom is 0.200 e. The van der Waals surface area contributed by atoms with Crippen LogP contribution in [0.2, 0.25) is 0 Å². The van der Waals surface area contributed by atoms with Gasteiger partial charge < -0.3 is 10.6 Å². The van der Waals surface area contributed by atoms with E-state index >= 15 is 0 Å². The summed E-state index contributed by atoms with van der Waals surface area (Å²) in [6, 6.07) is 0. The lowest BCUT2D eigenvalue weighted by Crippen LogP contribution is -2.45. The van der Waals surface area contributed by atoms with E-state index in [1.807, 2.05) is 7.05 Å². The van der Waals surface area contributed by atoms with E-state index in [0.717, 1.165) is 19.4 Å². The first-order chi connectivity index (χ1) is 7.52. The first-order valence-electron chi connectivity index (χ1n) is 5.25. The Morgan fingerprint density at radius 2 is 2.12 bits per heavy atom. The third-order valence-corrected chi connectivity index (χ3v) is 2.62. The van der Waals surface area contributed by atoms with Crippen molar-refractivity contribution < 1.29 is 0 Å². The molecule has 0 saturated heterocycles. The van der Waals surface area contributed by atoms with Crippen LogP contribution in [0.3, 0.4) is 0 Å². The van der Waals surface area contributed by atoms with Crippen molar-refractivity contribution in [1.82, 2.24) is 9.80 Å². The molecule has 0 spiro atoms. The number of allylic oxidation sites excluding steroid dienone is 3. The Morgan fingerprint density at radius 1 is 1.44 bits per heavy atom. The van der Waals surface area contributed by atoms with Crippen LogP contribution in [0, 0.1) is 10.8 Å². The molecule has 16 heavy (non-hydrogen) atoms. The third kappa shape index (κ3) is 3.12. The van der Waals surface area contributed by atoms with E-state index in [4.69, 9.17) is 16.6 Å². The lowest BCUT2D eigenvalue weighted by molar-refractivity contribution is 0.449. The number of guanidine groups is 2. The van der Waals surface area contributed by atoms with Gasteiger partial charge in [0, 0.05) is 20.6 Å². The van der Waals surface area contributed by atoms with Gasteiger partial charge in [-0.2, -0.15) is 0 Å². The summed E-state index contributed by atoms with van der Waals surface area (Å²) in [5.41, 5.74) is 6.62. The van der Waals surface area contributed by atoms with Gasteiger partial charge in [0.25, 0.3) is 0 Å². The minimum Gasteiger partial charge on any atom is -0.370 e. The van der Waals surface area contributed by atoms with Crippen molar-refractivity contribution in [3.8, 4) is 0 Å². The van der Waals surface area contributed by atoms with Crippen LogP contribution >= 0.6 is 0 Å². The zero-order valence-electron chi connectivity index (χ0n) is 9.83. The number of rotatable bonds is 3. The molecule has 0 unspecified atom stereocenters. The number of nitrogens with zero attached hydrogens (tertiary/aromatic N) is 2. The van der Waals surface area contributed by atoms with E-state index in [0.29, 0.717) is 0 Å². The molecule has 0 aromatic heterocycles. The van der Waals surface area contributed by atoms with Gasteiger partial charge >= 0.3 is 0 Å². The molecule has 0 amide bonds. The smallest absolute Gasteiger partial charge is 0.200 e. The molecular formula is C11H19N5.